The summed E-state index contributed by atoms with van der Waals surface area (Å²) in [5.41, 5.74) is 5.50. The van der Waals surface area contributed by atoms with Crippen LogP contribution in [0.1, 0.15) is 12.8 Å². The highest BCUT2D eigenvalue weighted by molar-refractivity contribution is 5.46. The molecule has 0 spiro atoms. The van der Waals surface area contributed by atoms with Gasteiger partial charge in [-0.3, -0.25) is 0 Å². The van der Waals surface area contributed by atoms with Crippen LogP contribution < -0.4 is 15.2 Å². The Labute approximate surface area is 76.7 Å². The van der Waals surface area contributed by atoms with E-state index in [0.29, 0.717) is 23.4 Å². The molecule has 1 aromatic rings. The van der Waals surface area contributed by atoms with E-state index in [1.165, 1.54) is 0 Å². The number of rotatable bonds is 3. The lowest BCUT2D eigenvalue weighted by atomic mass is 10.4. The molecule has 1 heterocycles. The first-order valence-electron chi connectivity index (χ1n) is 4.26. The van der Waals surface area contributed by atoms with Gasteiger partial charge in [0, 0.05) is 6.07 Å². The molecule has 0 saturated heterocycles. The van der Waals surface area contributed by atoms with E-state index in [1.807, 2.05) is 0 Å². The van der Waals surface area contributed by atoms with E-state index in [2.05, 4.69) is 4.98 Å². The van der Waals surface area contributed by atoms with Crippen LogP contribution in [0, 0.1) is 0 Å². The van der Waals surface area contributed by atoms with Crippen LogP contribution in [0.3, 0.4) is 0 Å². The van der Waals surface area contributed by atoms with Gasteiger partial charge in [-0.1, -0.05) is 0 Å². The quantitative estimate of drug-likeness (QED) is 0.759. The molecule has 4 heteroatoms. The van der Waals surface area contributed by atoms with E-state index >= 15 is 0 Å². The molecule has 1 aliphatic carbocycles. The Hall–Kier alpha value is -1.45. The summed E-state index contributed by atoms with van der Waals surface area (Å²) >= 11 is 0. The summed E-state index contributed by atoms with van der Waals surface area (Å²) in [7, 11) is 1.59. The lowest BCUT2D eigenvalue weighted by Gasteiger charge is -2.09. The Morgan fingerprint density at radius 2 is 2.23 bits per heavy atom. The highest BCUT2D eigenvalue weighted by Crippen LogP contribution is 2.33. The molecule has 2 N–H and O–H groups in total. The first-order chi connectivity index (χ1) is 6.29. The Balaban J connectivity index is 2.21. The van der Waals surface area contributed by atoms with Crippen molar-refractivity contribution in [3.8, 4) is 11.5 Å². The summed E-state index contributed by atoms with van der Waals surface area (Å²) in [5, 5.41) is 0. The fourth-order valence-corrected chi connectivity index (χ4v) is 1.05. The monoisotopic (exact) mass is 180 g/mol. The van der Waals surface area contributed by atoms with Gasteiger partial charge in [-0.2, -0.15) is 0 Å². The Bertz CT molecular complexity index is 310. The number of pyridine rings is 1. The summed E-state index contributed by atoms with van der Waals surface area (Å²) in [6.45, 7) is 0. The first-order valence-corrected chi connectivity index (χ1v) is 4.26. The zero-order valence-electron chi connectivity index (χ0n) is 7.49. The molecule has 13 heavy (non-hydrogen) atoms. The van der Waals surface area contributed by atoms with Gasteiger partial charge in [0.05, 0.1) is 19.4 Å². The second kappa shape index (κ2) is 3.12. The van der Waals surface area contributed by atoms with Crippen LogP contribution in [0.5, 0.6) is 11.5 Å². The minimum atomic E-state index is 0.347. The van der Waals surface area contributed by atoms with E-state index in [9.17, 15) is 0 Å². The van der Waals surface area contributed by atoms with Crippen LogP contribution in [0.25, 0.3) is 0 Å². The molecule has 1 fully saturated rings. The average molecular weight is 180 g/mol. The first kappa shape index (κ1) is 8.16. The molecule has 0 radical (unpaired) electrons. The molecule has 4 nitrogen and oxygen atoms in total. The number of hydrogen-bond donors (Lipinski definition) is 1. The topological polar surface area (TPSA) is 57.4 Å². The summed E-state index contributed by atoms with van der Waals surface area (Å²) in [6.07, 6.45) is 4.19. The Morgan fingerprint density at radius 1 is 1.46 bits per heavy atom. The van der Waals surface area contributed by atoms with Gasteiger partial charge in [-0.05, 0) is 12.8 Å². The van der Waals surface area contributed by atoms with Crippen molar-refractivity contribution in [3.05, 3.63) is 12.3 Å². The van der Waals surface area contributed by atoms with Crippen LogP contribution in [0.4, 0.5) is 5.82 Å². The van der Waals surface area contributed by atoms with Gasteiger partial charge in [0.25, 0.3) is 0 Å². The maximum Gasteiger partial charge on any atom is 0.179 e. The third-order valence-corrected chi connectivity index (χ3v) is 1.89. The zero-order chi connectivity index (χ0) is 9.26. The van der Waals surface area contributed by atoms with E-state index in [4.69, 9.17) is 15.2 Å². The van der Waals surface area contributed by atoms with E-state index in [0.717, 1.165) is 12.8 Å². The van der Waals surface area contributed by atoms with Crippen molar-refractivity contribution in [1.82, 2.24) is 4.98 Å². The highest BCUT2D eigenvalue weighted by Gasteiger charge is 2.25. The molecule has 0 aromatic carbocycles. The maximum atomic E-state index is 5.56. The van der Waals surface area contributed by atoms with Gasteiger partial charge < -0.3 is 15.2 Å². The van der Waals surface area contributed by atoms with Crippen molar-refractivity contribution in [1.29, 1.82) is 0 Å². The lowest BCUT2D eigenvalue weighted by molar-refractivity contribution is 0.281. The number of nitrogens with two attached hydrogens (primary N) is 1. The maximum absolute atomic E-state index is 5.56. The highest BCUT2D eigenvalue weighted by atomic mass is 16.5. The van der Waals surface area contributed by atoms with Crippen molar-refractivity contribution in [2.24, 2.45) is 0 Å². The zero-order valence-corrected chi connectivity index (χ0v) is 7.49. The number of ether oxygens (including phenoxy) is 2. The van der Waals surface area contributed by atoms with Gasteiger partial charge >= 0.3 is 0 Å². The largest absolute Gasteiger partial charge is 0.493 e. The van der Waals surface area contributed by atoms with E-state index in [1.54, 1.807) is 19.4 Å². The molecular formula is C9H12N2O2. The summed E-state index contributed by atoms with van der Waals surface area (Å²) in [6, 6.07) is 1.66. The fourth-order valence-electron chi connectivity index (χ4n) is 1.05. The number of methoxy groups -OCH3 is 1. The van der Waals surface area contributed by atoms with Gasteiger partial charge in [0.2, 0.25) is 0 Å². The lowest BCUT2D eigenvalue weighted by Crippen LogP contribution is -2.00. The molecule has 0 unspecified atom stereocenters. The molecule has 0 atom stereocenters. The van der Waals surface area contributed by atoms with Gasteiger partial charge in [0.1, 0.15) is 5.82 Å². The molecule has 1 aliphatic rings. The van der Waals surface area contributed by atoms with E-state index in [-0.39, 0.29) is 0 Å². The molecule has 1 aromatic heterocycles. The minimum Gasteiger partial charge on any atom is -0.493 e. The summed E-state index contributed by atoms with van der Waals surface area (Å²) in [5.74, 6) is 1.78. The predicted octanol–water partition coefficient (Wildman–Crippen LogP) is 1.21. The second-order valence-electron chi connectivity index (χ2n) is 3.08. The smallest absolute Gasteiger partial charge is 0.179 e. The van der Waals surface area contributed by atoms with Gasteiger partial charge in [-0.25, -0.2) is 4.98 Å². The van der Waals surface area contributed by atoms with Crippen LogP contribution in [-0.2, 0) is 0 Å². The van der Waals surface area contributed by atoms with Gasteiger partial charge in [-0.15, -0.1) is 0 Å². The average Bonchev–Trinajstić information content (AvgIpc) is 2.92. The van der Waals surface area contributed by atoms with Crippen LogP contribution in [0.2, 0.25) is 0 Å². The van der Waals surface area contributed by atoms with E-state index < -0.39 is 0 Å². The molecule has 1 saturated carbocycles. The van der Waals surface area contributed by atoms with Crippen molar-refractivity contribution in [2.45, 2.75) is 18.9 Å². The summed E-state index contributed by atoms with van der Waals surface area (Å²) < 4.78 is 10.7. The third-order valence-electron chi connectivity index (χ3n) is 1.89. The SMILES string of the molecule is COc1cc(N)ncc1OC1CC1. The van der Waals surface area contributed by atoms with Crippen molar-refractivity contribution in [2.75, 3.05) is 12.8 Å². The molecular weight excluding hydrogens is 168 g/mol. The van der Waals surface area contributed by atoms with Crippen molar-refractivity contribution >= 4 is 5.82 Å². The van der Waals surface area contributed by atoms with Crippen molar-refractivity contribution < 1.29 is 9.47 Å². The van der Waals surface area contributed by atoms with Crippen molar-refractivity contribution in [3.63, 3.8) is 0 Å². The Morgan fingerprint density at radius 3 is 2.85 bits per heavy atom. The number of aromatic nitrogens is 1. The molecule has 70 valence electrons. The number of nitrogens with zero attached hydrogens (tertiary/aromatic N) is 1. The fraction of sp³-hybridized carbons (Fsp3) is 0.444. The number of nitrogen functional groups attached to an aromatic ring is 1. The number of hydrogen-bond acceptors (Lipinski definition) is 4. The van der Waals surface area contributed by atoms with Crippen LogP contribution in [-0.4, -0.2) is 18.2 Å². The van der Waals surface area contributed by atoms with Crippen LogP contribution >= 0.6 is 0 Å². The van der Waals surface area contributed by atoms with Gasteiger partial charge in [0.15, 0.2) is 11.5 Å². The van der Waals surface area contributed by atoms with Crippen LogP contribution in [0.15, 0.2) is 12.3 Å². The third kappa shape index (κ3) is 1.83. The normalized spacial score (nSPS) is 15.5. The standard InChI is InChI=1S/C9H12N2O2/c1-12-7-4-9(10)11-5-8(7)13-6-2-3-6/h4-6H,2-3H2,1H3,(H2,10,11). The molecule has 2 rings (SSSR count). The number of anilines is 1. The Kier molecular flexibility index (Phi) is 1.96. The predicted molar refractivity (Wildman–Crippen MR) is 48.9 cm³/mol. The molecule has 0 bridgehead atoms. The summed E-state index contributed by atoms with van der Waals surface area (Å²) in [4.78, 5) is 3.94. The second-order valence-corrected chi connectivity index (χ2v) is 3.08. The molecule has 0 amide bonds. The molecule has 0 aliphatic heterocycles. The minimum absolute atomic E-state index is 0.347.